The number of imide groups is 1. The molecule has 0 aliphatic carbocycles. The van der Waals surface area contributed by atoms with Gasteiger partial charge >= 0.3 is 12.0 Å². The second-order valence-electron chi connectivity index (χ2n) is 4.28. The van der Waals surface area contributed by atoms with E-state index >= 15 is 0 Å². The monoisotopic (exact) mass is 288 g/mol. The Bertz CT molecular complexity index is 393. The van der Waals surface area contributed by atoms with E-state index in [0.717, 1.165) is 5.75 Å². The molecule has 7 heteroatoms. The highest BCUT2D eigenvalue weighted by Crippen LogP contribution is 2.04. The summed E-state index contributed by atoms with van der Waals surface area (Å²) in [6.07, 6.45) is 1.98. The first-order valence-corrected chi connectivity index (χ1v) is 7.17. The van der Waals surface area contributed by atoms with Crippen LogP contribution in [0.5, 0.6) is 0 Å². The van der Waals surface area contributed by atoms with Gasteiger partial charge in [-0.15, -0.1) is 0 Å². The second kappa shape index (κ2) is 8.58. The fourth-order valence-corrected chi connectivity index (χ4v) is 1.87. The first-order chi connectivity index (χ1) is 8.79. The fraction of sp³-hybridized carbons (Fsp3) is 0.583. The standard InChI is InChI=1S/C12H20N2O4S/c1-7(6-19-4)5-13-12(18)14-10(15)8(2)9(3)11(16)17/h7H,5-6H2,1-4H3,(H,16,17)(H2,13,14,15,18). The van der Waals surface area contributed by atoms with E-state index in [9.17, 15) is 14.4 Å². The van der Waals surface area contributed by atoms with Gasteiger partial charge in [-0.05, 0) is 31.8 Å². The van der Waals surface area contributed by atoms with Crippen LogP contribution in [0.25, 0.3) is 0 Å². The zero-order valence-electron chi connectivity index (χ0n) is 11.6. The highest BCUT2D eigenvalue weighted by molar-refractivity contribution is 7.98. The molecule has 0 bridgehead atoms. The van der Waals surface area contributed by atoms with E-state index in [-0.39, 0.29) is 11.1 Å². The number of rotatable bonds is 6. The Balaban J connectivity index is 4.31. The number of carbonyl (C=O) groups excluding carboxylic acids is 2. The van der Waals surface area contributed by atoms with Gasteiger partial charge in [0, 0.05) is 17.7 Å². The number of hydrogen-bond donors (Lipinski definition) is 3. The average Bonchev–Trinajstić information content (AvgIpc) is 2.34. The van der Waals surface area contributed by atoms with Crippen LogP contribution in [-0.4, -0.2) is 41.6 Å². The Morgan fingerprint density at radius 2 is 1.79 bits per heavy atom. The molecule has 0 saturated heterocycles. The van der Waals surface area contributed by atoms with Crippen molar-refractivity contribution in [2.75, 3.05) is 18.6 Å². The molecule has 0 aromatic carbocycles. The number of amides is 3. The van der Waals surface area contributed by atoms with Crippen molar-refractivity contribution in [1.29, 1.82) is 0 Å². The maximum atomic E-state index is 11.6. The molecular formula is C12H20N2O4S. The number of aliphatic carboxylic acids is 1. The number of thioether (sulfide) groups is 1. The third kappa shape index (κ3) is 6.85. The quantitative estimate of drug-likeness (QED) is 0.639. The van der Waals surface area contributed by atoms with Gasteiger partial charge in [-0.25, -0.2) is 9.59 Å². The van der Waals surface area contributed by atoms with Crippen molar-refractivity contribution in [2.45, 2.75) is 20.8 Å². The first kappa shape index (κ1) is 17.5. The summed E-state index contributed by atoms with van der Waals surface area (Å²) in [4.78, 5) is 33.7. The summed E-state index contributed by atoms with van der Waals surface area (Å²) in [7, 11) is 0. The third-order valence-electron chi connectivity index (χ3n) is 2.51. The van der Waals surface area contributed by atoms with Gasteiger partial charge in [0.1, 0.15) is 0 Å². The Kier molecular flexibility index (Phi) is 7.90. The number of nitrogens with one attached hydrogen (secondary N) is 2. The maximum Gasteiger partial charge on any atom is 0.331 e. The second-order valence-corrected chi connectivity index (χ2v) is 5.19. The topological polar surface area (TPSA) is 95.5 Å². The zero-order valence-corrected chi connectivity index (χ0v) is 12.4. The smallest absolute Gasteiger partial charge is 0.331 e. The van der Waals surface area contributed by atoms with Crippen molar-refractivity contribution in [2.24, 2.45) is 5.92 Å². The van der Waals surface area contributed by atoms with Gasteiger partial charge in [-0.1, -0.05) is 6.92 Å². The summed E-state index contributed by atoms with van der Waals surface area (Å²) in [5.41, 5.74) is -0.0686. The predicted molar refractivity (Wildman–Crippen MR) is 75.1 cm³/mol. The number of hydrogen-bond acceptors (Lipinski definition) is 4. The van der Waals surface area contributed by atoms with E-state index in [4.69, 9.17) is 5.11 Å². The molecule has 1 unspecified atom stereocenters. The fourth-order valence-electron chi connectivity index (χ4n) is 1.18. The summed E-state index contributed by atoms with van der Waals surface area (Å²) in [5.74, 6) is -0.671. The van der Waals surface area contributed by atoms with Crippen molar-refractivity contribution < 1.29 is 19.5 Å². The minimum Gasteiger partial charge on any atom is -0.478 e. The molecule has 3 amide bonds. The molecule has 0 aromatic heterocycles. The summed E-state index contributed by atoms with van der Waals surface area (Å²) in [6, 6.07) is -0.615. The highest BCUT2D eigenvalue weighted by Gasteiger charge is 2.15. The number of carboxylic acids is 1. The molecule has 0 aliphatic heterocycles. The van der Waals surface area contributed by atoms with Gasteiger partial charge in [0.05, 0.1) is 0 Å². The van der Waals surface area contributed by atoms with Gasteiger partial charge in [0.25, 0.3) is 5.91 Å². The normalized spacial score (nSPS) is 13.3. The summed E-state index contributed by atoms with van der Waals surface area (Å²) >= 11 is 1.68. The molecule has 1 atom stereocenters. The molecule has 0 saturated carbocycles. The van der Waals surface area contributed by atoms with Crippen LogP contribution < -0.4 is 10.6 Å². The Labute approximate surface area is 117 Å². The zero-order chi connectivity index (χ0) is 15.0. The molecule has 3 N–H and O–H groups in total. The molecule has 0 fully saturated rings. The molecule has 108 valence electrons. The lowest BCUT2D eigenvalue weighted by atomic mass is 10.1. The van der Waals surface area contributed by atoms with Crippen LogP contribution in [0.3, 0.4) is 0 Å². The predicted octanol–water partition coefficient (Wildman–Crippen LogP) is 1.23. The van der Waals surface area contributed by atoms with E-state index in [1.807, 2.05) is 13.2 Å². The van der Waals surface area contributed by atoms with Gasteiger partial charge < -0.3 is 10.4 Å². The average molecular weight is 288 g/mol. The molecule has 0 spiro atoms. The first-order valence-electron chi connectivity index (χ1n) is 5.78. The van der Waals surface area contributed by atoms with Crippen LogP contribution in [0.2, 0.25) is 0 Å². The highest BCUT2D eigenvalue weighted by atomic mass is 32.2. The largest absolute Gasteiger partial charge is 0.478 e. The Hall–Kier alpha value is -1.50. The summed E-state index contributed by atoms with van der Waals surface area (Å²) in [6.45, 7) is 5.12. The van der Waals surface area contributed by atoms with Crippen molar-refractivity contribution in [3.63, 3.8) is 0 Å². The van der Waals surface area contributed by atoms with Crippen molar-refractivity contribution in [3.8, 4) is 0 Å². The van der Waals surface area contributed by atoms with E-state index in [2.05, 4.69) is 10.6 Å². The molecular weight excluding hydrogens is 268 g/mol. The summed E-state index contributed by atoms with van der Waals surface area (Å²) in [5, 5.41) is 13.4. The Morgan fingerprint density at radius 3 is 2.26 bits per heavy atom. The van der Waals surface area contributed by atoms with Crippen LogP contribution in [0, 0.1) is 5.92 Å². The minimum atomic E-state index is -1.18. The van der Waals surface area contributed by atoms with Gasteiger partial charge in [-0.3, -0.25) is 10.1 Å². The number of urea groups is 1. The number of carboxylic acid groups (broad SMARTS) is 1. The lowest BCUT2D eigenvalue weighted by Crippen LogP contribution is -2.42. The Morgan fingerprint density at radius 1 is 1.21 bits per heavy atom. The van der Waals surface area contributed by atoms with E-state index in [1.54, 1.807) is 11.8 Å². The van der Waals surface area contributed by atoms with Crippen LogP contribution in [0.4, 0.5) is 4.79 Å². The van der Waals surface area contributed by atoms with E-state index in [1.165, 1.54) is 13.8 Å². The van der Waals surface area contributed by atoms with Gasteiger partial charge in [0.2, 0.25) is 0 Å². The molecule has 0 radical (unpaired) electrons. The lowest BCUT2D eigenvalue weighted by Gasteiger charge is -2.12. The third-order valence-corrected chi connectivity index (χ3v) is 3.42. The molecule has 6 nitrogen and oxygen atoms in total. The van der Waals surface area contributed by atoms with Crippen LogP contribution in [0.15, 0.2) is 11.1 Å². The SMILES string of the molecule is CSCC(C)CNC(=O)NC(=O)C(C)=C(C)C(=O)O. The lowest BCUT2D eigenvalue weighted by molar-refractivity contribution is -0.133. The van der Waals surface area contributed by atoms with E-state index in [0.29, 0.717) is 12.5 Å². The maximum absolute atomic E-state index is 11.6. The number of carbonyl (C=O) groups is 3. The van der Waals surface area contributed by atoms with Crippen molar-refractivity contribution >= 4 is 29.7 Å². The summed E-state index contributed by atoms with van der Waals surface area (Å²) < 4.78 is 0. The van der Waals surface area contributed by atoms with Gasteiger partial charge in [-0.2, -0.15) is 11.8 Å². The van der Waals surface area contributed by atoms with E-state index < -0.39 is 17.9 Å². The van der Waals surface area contributed by atoms with Crippen molar-refractivity contribution in [1.82, 2.24) is 10.6 Å². The van der Waals surface area contributed by atoms with Crippen LogP contribution in [-0.2, 0) is 9.59 Å². The van der Waals surface area contributed by atoms with Crippen LogP contribution >= 0.6 is 11.8 Å². The van der Waals surface area contributed by atoms with Gasteiger partial charge in [0.15, 0.2) is 0 Å². The molecule has 19 heavy (non-hydrogen) atoms. The molecule has 0 heterocycles. The molecule has 0 rings (SSSR count). The molecule has 0 aliphatic rings. The minimum absolute atomic E-state index is 0.0137. The molecule has 0 aromatic rings. The van der Waals surface area contributed by atoms with Crippen LogP contribution in [0.1, 0.15) is 20.8 Å². The van der Waals surface area contributed by atoms with Crippen molar-refractivity contribution in [3.05, 3.63) is 11.1 Å².